The van der Waals surface area contributed by atoms with Crippen molar-refractivity contribution in [2.45, 2.75) is 71.1 Å². The third-order valence-corrected chi connectivity index (χ3v) is 4.99. The fourth-order valence-electron chi connectivity index (χ4n) is 3.91. The summed E-state index contributed by atoms with van der Waals surface area (Å²) in [5, 5.41) is 3.46. The van der Waals surface area contributed by atoms with Gasteiger partial charge in [0, 0.05) is 18.4 Å². The van der Waals surface area contributed by atoms with Crippen molar-refractivity contribution in [2.75, 3.05) is 13.1 Å². The maximum absolute atomic E-state index is 12.7. The molecule has 2 rings (SSSR count). The number of piperidine rings is 1. The number of carbonyl (C=O) groups is 1. The first-order chi connectivity index (χ1) is 8.77. The molecule has 1 unspecified atom stereocenters. The molecule has 0 aromatic rings. The fraction of sp³-hybridized carbons (Fsp3) is 0.938. The molecule has 1 saturated heterocycles. The lowest BCUT2D eigenvalue weighted by atomic mass is 9.70. The smallest absolute Gasteiger partial charge is 0.140 e. The maximum atomic E-state index is 12.7. The van der Waals surface area contributed by atoms with E-state index < -0.39 is 0 Å². The quantitative estimate of drug-likeness (QED) is 0.807. The van der Waals surface area contributed by atoms with Gasteiger partial charge in [-0.15, -0.1) is 0 Å². The molecule has 0 aromatic heterocycles. The number of Topliss-reactive ketones (excluding diaryl/α,β-unsaturated/α-hetero) is 1. The SMILES string of the molecule is CCCC1(C(=O)CC2CCCCC2)CCCNC1. The number of rotatable bonds is 5. The van der Waals surface area contributed by atoms with Crippen LogP contribution >= 0.6 is 0 Å². The van der Waals surface area contributed by atoms with Crippen LogP contribution in [0.2, 0.25) is 0 Å². The minimum atomic E-state index is -0.00948. The van der Waals surface area contributed by atoms with E-state index in [0.29, 0.717) is 11.7 Å². The highest BCUT2D eigenvalue weighted by Crippen LogP contribution is 2.37. The summed E-state index contributed by atoms with van der Waals surface area (Å²) >= 11 is 0. The molecule has 1 saturated carbocycles. The van der Waals surface area contributed by atoms with E-state index in [1.54, 1.807) is 0 Å². The first-order valence-corrected chi connectivity index (χ1v) is 8.01. The Morgan fingerprint density at radius 2 is 2.00 bits per heavy atom. The summed E-state index contributed by atoms with van der Waals surface area (Å²) in [4.78, 5) is 12.7. The van der Waals surface area contributed by atoms with Crippen LogP contribution in [0.4, 0.5) is 0 Å². The molecule has 1 atom stereocenters. The summed E-state index contributed by atoms with van der Waals surface area (Å²) in [7, 11) is 0. The Morgan fingerprint density at radius 1 is 1.22 bits per heavy atom. The Kier molecular flexibility index (Phi) is 5.23. The molecular weight excluding hydrogens is 222 g/mol. The molecule has 0 radical (unpaired) electrons. The van der Waals surface area contributed by atoms with Crippen molar-refractivity contribution in [3.63, 3.8) is 0 Å². The lowest BCUT2D eigenvalue weighted by Crippen LogP contribution is -2.46. The molecule has 1 aliphatic carbocycles. The molecule has 2 fully saturated rings. The number of hydrogen-bond donors (Lipinski definition) is 1. The molecule has 1 heterocycles. The molecule has 18 heavy (non-hydrogen) atoms. The van der Waals surface area contributed by atoms with E-state index in [-0.39, 0.29) is 5.41 Å². The van der Waals surface area contributed by atoms with E-state index in [2.05, 4.69) is 12.2 Å². The maximum Gasteiger partial charge on any atom is 0.140 e. The van der Waals surface area contributed by atoms with E-state index in [0.717, 1.165) is 38.8 Å². The van der Waals surface area contributed by atoms with Gasteiger partial charge in [0.2, 0.25) is 0 Å². The highest BCUT2D eigenvalue weighted by atomic mass is 16.1. The largest absolute Gasteiger partial charge is 0.316 e. The summed E-state index contributed by atoms with van der Waals surface area (Å²) in [6, 6.07) is 0. The zero-order chi connectivity index (χ0) is 12.8. The highest BCUT2D eigenvalue weighted by molar-refractivity contribution is 5.85. The minimum Gasteiger partial charge on any atom is -0.316 e. The summed E-state index contributed by atoms with van der Waals surface area (Å²) in [5.74, 6) is 1.27. The Morgan fingerprint density at radius 3 is 2.61 bits per heavy atom. The number of nitrogens with one attached hydrogen (secondary N) is 1. The van der Waals surface area contributed by atoms with E-state index in [1.165, 1.54) is 38.5 Å². The van der Waals surface area contributed by atoms with Gasteiger partial charge in [0.05, 0.1) is 0 Å². The van der Waals surface area contributed by atoms with Crippen LogP contribution < -0.4 is 5.32 Å². The van der Waals surface area contributed by atoms with Crippen LogP contribution in [0.5, 0.6) is 0 Å². The van der Waals surface area contributed by atoms with Crippen molar-refractivity contribution in [3.05, 3.63) is 0 Å². The lowest BCUT2D eigenvalue weighted by molar-refractivity contribution is -0.131. The Bertz CT molecular complexity index is 257. The van der Waals surface area contributed by atoms with Gasteiger partial charge in [0.1, 0.15) is 5.78 Å². The molecule has 0 bridgehead atoms. The zero-order valence-electron chi connectivity index (χ0n) is 12.0. The molecule has 2 heteroatoms. The van der Waals surface area contributed by atoms with Gasteiger partial charge in [-0.25, -0.2) is 0 Å². The minimum absolute atomic E-state index is 0.00948. The topological polar surface area (TPSA) is 29.1 Å². The molecule has 0 amide bonds. The van der Waals surface area contributed by atoms with Crippen molar-refractivity contribution in [1.29, 1.82) is 0 Å². The third kappa shape index (κ3) is 3.34. The predicted octanol–water partition coefficient (Wildman–Crippen LogP) is 3.70. The second-order valence-corrected chi connectivity index (χ2v) is 6.44. The fourth-order valence-corrected chi connectivity index (χ4v) is 3.91. The van der Waals surface area contributed by atoms with Crippen molar-refractivity contribution in [2.24, 2.45) is 11.3 Å². The molecule has 2 aliphatic rings. The second kappa shape index (κ2) is 6.70. The summed E-state index contributed by atoms with van der Waals surface area (Å²) in [5.41, 5.74) is -0.00948. The van der Waals surface area contributed by atoms with Gasteiger partial charge >= 0.3 is 0 Å². The summed E-state index contributed by atoms with van der Waals surface area (Å²) in [6.07, 6.45) is 12.0. The second-order valence-electron chi connectivity index (χ2n) is 6.44. The monoisotopic (exact) mass is 251 g/mol. The van der Waals surface area contributed by atoms with Crippen LogP contribution in [-0.4, -0.2) is 18.9 Å². The van der Waals surface area contributed by atoms with Crippen molar-refractivity contribution in [1.82, 2.24) is 5.32 Å². The summed E-state index contributed by atoms with van der Waals surface area (Å²) in [6.45, 7) is 4.25. The zero-order valence-corrected chi connectivity index (χ0v) is 12.0. The van der Waals surface area contributed by atoms with Crippen LogP contribution in [0.15, 0.2) is 0 Å². The Hall–Kier alpha value is -0.370. The van der Waals surface area contributed by atoms with E-state index >= 15 is 0 Å². The normalized spacial score (nSPS) is 30.3. The molecule has 1 aliphatic heterocycles. The predicted molar refractivity (Wildman–Crippen MR) is 75.6 cm³/mol. The van der Waals surface area contributed by atoms with Crippen LogP contribution in [0, 0.1) is 11.3 Å². The van der Waals surface area contributed by atoms with Crippen molar-refractivity contribution < 1.29 is 4.79 Å². The molecule has 1 N–H and O–H groups in total. The average molecular weight is 251 g/mol. The number of carbonyl (C=O) groups excluding carboxylic acids is 1. The van der Waals surface area contributed by atoms with Crippen molar-refractivity contribution >= 4 is 5.78 Å². The van der Waals surface area contributed by atoms with Gasteiger partial charge in [0.15, 0.2) is 0 Å². The number of ketones is 1. The Balaban J connectivity index is 1.94. The first kappa shape index (κ1) is 14.0. The van der Waals surface area contributed by atoms with Crippen LogP contribution in [0.3, 0.4) is 0 Å². The molecule has 104 valence electrons. The van der Waals surface area contributed by atoms with Crippen LogP contribution in [-0.2, 0) is 4.79 Å². The average Bonchev–Trinajstić information content (AvgIpc) is 2.41. The molecule has 0 aromatic carbocycles. The van der Waals surface area contributed by atoms with Crippen molar-refractivity contribution in [3.8, 4) is 0 Å². The van der Waals surface area contributed by atoms with Gasteiger partial charge < -0.3 is 5.32 Å². The van der Waals surface area contributed by atoms with Gasteiger partial charge in [-0.3, -0.25) is 4.79 Å². The molecule has 0 spiro atoms. The molecule has 2 nitrogen and oxygen atoms in total. The van der Waals surface area contributed by atoms with Gasteiger partial charge in [-0.05, 0) is 31.7 Å². The van der Waals surface area contributed by atoms with Gasteiger partial charge in [-0.1, -0.05) is 45.4 Å². The first-order valence-electron chi connectivity index (χ1n) is 8.01. The number of hydrogen-bond acceptors (Lipinski definition) is 2. The van der Waals surface area contributed by atoms with Crippen LogP contribution in [0.1, 0.15) is 71.1 Å². The van der Waals surface area contributed by atoms with E-state index in [4.69, 9.17) is 0 Å². The van der Waals surface area contributed by atoms with E-state index in [1.807, 2.05) is 0 Å². The standard InChI is InChI=1S/C16H29NO/c1-2-9-16(10-6-11-17-13-16)15(18)12-14-7-4-3-5-8-14/h14,17H,2-13H2,1H3. The highest BCUT2D eigenvalue weighted by Gasteiger charge is 2.38. The lowest BCUT2D eigenvalue weighted by Gasteiger charge is -2.37. The summed E-state index contributed by atoms with van der Waals surface area (Å²) < 4.78 is 0. The van der Waals surface area contributed by atoms with Gasteiger partial charge in [0.25, 0.3) is 0 Å². The van der Waals surface area contributed by atoms with E-state index in [9.17, 15) is 4.79 Å². The third-order valence-electron chi connectivity index (χ3n) is 4.99. The van der Waals surface area contributed by atoms with Gasteiger partial charge in [-0.2, -0.15) is 0 Å². The van der Waals surface area contributed by atoms with Crippen LogP contribution in [0.25, 0.3) is 0 Å². The Labute approximate surface area is 112 Å². The molecular formula is C16H29NO.